The number of aryl methyl sites for hydroxylation is 2. The third-order valence-electron chi connectivity index (χ3n) is 10.3. The zero-order valence-corrected chi connectivity index (χ0v) is 31.2. The fourth-order valence-corrected chi connectivity index (χ4v) is 7.30. The minimum absolute atomic E-state index is 1.03. The lowest BCUT2D eigenvalue weighted by molar-refractivity contribution is -0.345. The Labute approximate surface area is 291 Å². The SMILES string of the molecule is CCCCCCCCC1=C(c2ccc(CCCCCCCC)cc2)[N+](=[N-])C(c2ccc(CCCCCCCC)cc2)=C1CCCCC. The van der Waals surface area contributed by atoms with Crippen LogP contribution in [0.15, 0.2) is 59.7 Å². The maximum atomic E-state index is 12.1. The zero-order valence-electron chi connectivity index (χ0n) is 31.2. The molecule has 0 unspecified atom stereocenters. The summed E-state index contributed by atoms with van der Waals surface area (Å²) in [7, 11) is 0. The van der Waals surface area contributed by atoms with Crippen LogP contribution in [0.1, 0.15) is 198 Å². The molecule has 0 saturated heterocycles. The quantitative estimate of drug-likeness (QED) is 0.0687. The van der Waals surface area contributed by atoms with E-state index in [1.165, 1.54) is 157 Å². The van der Waals surface area contributed by atoms with Gasteiger partial charge in [-0.2, -0.15) is 0 Å². The van der Waals surface area contributed by atoms with Crippen molar-refractivity contribution in [3.63, 3.8) is 0 Å². The van der Waals surface area contributed by atoms with Gasteiger partial charge >= 0.3 is 0 Å². The van der Waals surface area contributed by atoms with Gasteiger partial charge in [0.2, 0.25) is 11.4 Å². The maximum absolute atomic E-state index is 12.1. The van der Waals surface area contributed by atoms with Crippen LogP contribution in [-0.4, -0.2) is 4.70 Å². The Hall–Kier alpha value is -2.48. The highest BCUT2D eigenvalue weighted by molar-refractivity contribution is 5.82. The Balaban J connectivity index is 1.83. The van der Waals surface area contributed by atoms with E-state index in [2.05, 4.69) is 76.2 Å². The van der Waals surface area contributed by atoms with E-state index >= 15 is 0 Å². The van der Waals surface area contributed by atoms with E-state index in [1.54, 1.807) is 4.70 Å². The summed E-state index contributed by atoms with van der Waals surface area (Å²) in [5, 5.41) is 0. The van der Waals surface area contributed by atoms with Crippen molar-refractivity contribution in [1.29, 1.82) is 0 Å². The molecule has 2 heteroatoms. The molecule has 0 N–H and O–H groups in total. The minimum atomic E-state index is 1.03. The van der Waals surface area contributed by atoms with Gasteiger partial charge in [-0.15, -0.1) is 0 Å². The lowest BCUT2D eigenvalue weighted by Crippen LogP contribution is -2.03. The first-order chi connectivity index (χ1) is 23.1. The lowest BCUT2D eigenvalue weighted by atomic mass is 9.91. The summed E-state index contributed by atoms with van der Waals surface area (Å²) in [5.41, 5.74) is 22.0. The van der Waals surface area contributed by atoms with Crippen LogP contribution in [0.3, 0.4) is 0 Å². The molecule has 3 rings (SSSR count). The molecular weight excluding hydrogens is 569 g/mol. The van der Waals surface area contributed by atoms with Gasteiger partial charge in [0.25, 0.3) is 0 Å². The zero-order chi connectivity index (χ0) is 33.5. The van der Waals surface area contributed by atoms with Crippen molar-refractivity contribution in [1.82, 2.24) is 0 Å². The van der Waals surface area contributed by atoms with Crippen molar-refractivity contribution < 1.29 is 4.70 Å². The molecule has 0 aliphatic carbocycles. The minimum Gasteiger partial charge on any atom is -0.493 e. The van der Waals surface area contributed by atoms with Gasteiger partial charge in [-0.05, 0) is 86.8 Å². The first-order valence-corrected chi connectivity index (χ1v) is 20.3. The van der Waals surface area contributed by atoms with Crippen LogP contribution in [0.25, 0.3) is 16.9 Å². The van der Waals surface area contributed by atoms with Crippen molar-refractivity contribution in [2.75, 3.05) is 0 Å². The van der Waals surface area contributed by atoms with E-state index in [0.717, 1.165) is 48.2 Å². The third kappa shape index (κ3) is 13.5. The molecular formula is C45H70N2. The van der Waals surface area contributed by atoms with Crippen molar-refractivity contribution in [2.45, 2.75) is 188 Å². The predicted octanol–water partition coefficient (Wildman–Crippen LogP) is 15.0. The molecule has 2 aromatic carbocycles. The Morgan fingerprint density at radius 3 is 1.00 bits per heavy atom. The third-order valence-corrected chi connectivity index (χ3v) is 10.3. The van der Waals surface area contributed by atoms with Crippen LogP contribution in [-0.2, 0) is 12.8 Å². The van der Waals surface area contributed by atoms with Crippen molar-refractivity contribution >= 4 is 11.4 Å². The molecule has 1 heterocycles. The summed E-state index contributed by atoms with van der Waals surface area (Å²) >= 11 is 0. The Morgan fingerprint density at radius 1 is 0.362 bits per heavy atom. The first-order valence-electron chi connectivity index (χ1n) is 20.3. The molecule has 0 saturated carbocycles. The molecule has 2 nitrogen and oxygen atoms in total. The smallest absolute Gasteiger partial charge is 0.211 e. The van der Waals surface area contributed by atoms with Crippen LogP contribution in [0.4, 0.5) is 0 Å². The molecule has 1 aliphatic heterocycles. The first kappa shape index (κ1) is 39.0. The monoisotopic (exact) mass is 639 g/mol. The van der Waals surface area contributed by atoms with Gasteiger partial charge in [0.05, 0.1) is 0 Å². The van der Waals surface area contributed by atoms with E-state index in [9.17, 15) is 5.53 Å². The number of hydrogen-bond donors (Lipinski definition) is 0. The molecule has 0 spiro atoms. The highest BCUT2D eigenvalue weighted by Gasteiger charge is 2.35. The summed E-state index contributed by atoms with van der Waals surface area (Å²) in [4.78, 5) is 0. The lowest BCUT2D eigenvalue weighted by Gasteiger charge is -2.11. The Bertz CT molecular complexity index is 1200. The standard InChI is InChI=1S/C45H70N2/c1-5-9-13-16-19-23-26-38-30-34-40(35-31-38)44-42(28-22-12-8-4)43(29-25-21-18-15-11-7-3)45(47(44)46)41-36-32-39(33-37-41)27-24-20-17-14-10-6-2/h30-37H,5-29H2,1-4H3. The number of benzene rings is 2. The predicted molar refractivity (Wildman–Crippen MR) is 207 cm³/mol. The van der Waals surface area contributed by atoms with Gasteiger partial charge in [0.15, 0.2) is 0 Å². The van der Waals surface area contributed by atoms with E-state index in [4.69, 9.17) is 0 Å². The number of rotatable bonds is 27. The number of allylic oxidation sites excluding steroid dienone is 2. The maximum Gasteiger partial charge on any atom is 0.211 e. The highest BCUT2D eigenvalue weighted by atomic mass is 15.2. The molecule has 0 fully saturated rings. The van der Waals surface area contributed by atoms with Gasteiger partial charge in [-0.25, -0.2) is 4.70 Å². The second kappa shape index (κ2) is 23.8. The van der Waals surface area contributed by atoms with E-state index in [-0.39, 0.29) is 0 Å². The fraction of sp³-hybridized carbons (Fsp3) is 0.644. The van der Waals surface area contributed by atoms with Crippen molar-refractivity contribution in [3.05, 3.63) is 87.5 Å². The van der Waals surface area contributed by atoms with Crippen LogP contribution < -0.4 is 0 Å². The molecule has 2 aromatic rings. The molecule has 260 valence electrons. The molecule has 47 heavy (non-hydrogen) atoms. The number of hydrogen-bond acceptors (Lipinski definition) is 0. The average Bonchev–Trinajstić information content (AvgIpc) is 3.36. The van der Waals surface area contributed by atoms with Crippen LogP contribution in [0, 0.1) is 0 Å². The summed E-state index contributed by atoms with van der Waals surface area (Å²) in [6.45, 7) is 9.15. The largest absolute Gasteiger partial charge is 0.493 e. The average molecular weight is 639 g/mol. The Morgan fingerprint density at radius 2 is 0.638 bits per heavy atom. The summed E-state index contributed by atoms with van der Waals surface area (Å²) in [6.07, 6.45) is 31.7. The number of nitrogens with zero attached hydrogens (tertiary/aromatic N) is 2. The molecule has 0 amide bonds. The van der Waals surface area contributed by atoms with Crippen LogP contribution in [0.5, 0.6) is 0 Å². The Kier molecular flexibility index (Phi) is 19.7. The van der Waals surface area contributed by atoms with Crippen LogP contribution >= 0.6 is 0 Å². The highest BCUT2D eigenvalue weighted by Crippen LogP contribution is 2.44. The summed E-state index contributed by atoms with van der Waals surface area (Å²) < 4.78 is 1.58. The molecule has 0 atom stereocenters. The van der Waals surface area contributed by atoms with Gasteiger partial charge in [0.1, 0.15) is 0 Å². The van der Waals surface area contributed by atoms with E-state index in [0.29, 0.717) is 0 Å². The molecule has 1 aliphatic rings. The van der Waals surface area contributed by atoms with Crippen LogP contribution in [0.2, 0.25) is 0 Å². The topological polar surface area (TPSA) is 25.3 Å². The van der Waals surface area contributed by atoms with E-state index in [1.807, 2.05) is 0 Å². The van der Waals surface area contributed by atoms with E-state index < -0.39 is 0 Å². The fourth-order valence-electron chi connectivity index (χ4n) is 7.30. The second-order valence-corrected chi connectivity index (χ2v) is 14.4. The second-order valence-electron chi connectivity index (χ2n) is 14.4. The van der Waals surface area contributed by atoms with Gasteiger partial charge in [-0.3, -0.25) is 0 Å². The molecule has 0 aromatic heterocycles. The summed E-state index contributed by atoms with van der Waals surface area (Å²) in [6, 6.07) is 18.4. The normalized spacial score (nSPS) is 13.4. The van der Waals surface area contributed by atoms with Crippen molar-refractivity contribution in [2.24, 2.45) is 0 Å². The number of unbranched alkanes of at least 4 members (excludes halogenated alkanes) is 17. The molecule has 0 radical (unpaired) electrons. The van der Waals surface area contributed by atoms with Gasteiger partial charge in [0, 0.05) is 22.3 Å². The summed E-state index contributed by atoms with van der Waals surface area (Å²) in [5.74, 6) is 0. The van der Waals surface area contributed by atoms with Crippen molar-refractivity contribution in [3.8, 4) is 0 Å². The molecule has 0 bridgehead atoms. The van der Waals surface area contributed by atoms with Gasteiger partial charge < -0.3 is 5.53 Å². The van der Waals surface area contributed by atoms with Gasteiger partial charge in [-0.1, -0.05) is 161 Å².